The fourth-order valence-electron chi connectivity index (χ4n) is 3.54. The monoisotopic (exact) mass is 371 g/mol. The van der Waals surface area contributed by atoms with Gasteiger partial charge in [0.05, 0.1) is 12.1 Å². The van der Waals surface area contributed by atoms with Gasteiger partial charge in [-0.1, -0.05) is 41.5 Å². The van der Waals surface area contributed by atoms with Crippen LogP contribution in [0.15, 0.2) is 72.9 Å². The van der Waals surface area contributed by atoms with Crippen LogP contribution in [0.4, 0.5) is 11.4 Å². The molecule has 5 nitrogen and oxygen atoms in total. The number of hydrogen-bond acceptors (Lipinski definition) is 3. The van der Waals surface area contributed by atoms with Gasteiger partial charge in [0.25, 0.3) is 5.91 Å². The van der Waals surface area contributed by atoms with E-state index in [1.165, 1.54) is 0 Å². The summed E-state index contributed by atoms with van der Waals surface area (Å²) in [6.07, 6.45) is 1.72. The van der Waals surface area contributed by atoms with Gasteiger partial charge in [-0.15, -0.1) is 0 Å². The third-order valence-corrected chi connectivity index (χ3v) is 5.10. The molecule has 1 aliphatic rings. The first-order chi connectivity index (χ1) is 13.5. The van der Waals surface area contributed by atoms with Crippen molar-refractivity contribution in [2.24, 2.45) is 0 Å². The van der Waals surface area contributed by atoms with Gasteiger partial charge < -0.3 is 5.32 Å². The zero-order valence-corrected chi connectivity index (χ0v) is 15.8. The summed E-state index contributed by atoms with van der Waals surface area (Å²) in [4.78, 5) is 32.1. The van der Waals surface area contributed by atoms with E-state index < -0.39 is 5.54 Å². The summed E-state index contributed by atoms with van der Waals surface area (Å²) >= 11 is 0. The molecule has 0 spiro atoms. The number of benzene rings is 2. The minimum absolute atomic E-state index is 0.0790. The fourth-order valence-corrected chi connectivity index (χ4v) is 3.54. The van der Waals surface area contributed by atoms with E-state index in [0.29, 0.717) is 17.1 Å². The van der Waals surface area contributed by atoms with Gasteiger partial charge in [-0.25, -0.2) is 0 Å². The van der Waals surface area contributed by atoms with Crippen LogP contribution in [0.25, 0.3) is 0 Å². The minimum Gasteiger partial charge on any atom is -0.324 e. The van der Waals surface area contributed by atoms with Crippen molar-refractivity contribution in [2.45, 2.75) is 25.8 Å². The molecule has 2 heterocycles. The molecule has 4 rings (SSSR count). The number of amides is 2. The lowest BCUT2D eigenvalue weighted by molar-refractivity contribution is -0.137. The van der Waals surface area contributed by atoms with Gasteiger partial charge in [0.15, 0.2) is 5.54 Å². The molecule has 3 aromatic rings. The molecule has 1 N–H and O–H groups in total. The first kappa shape index (κ1) is 17.9. The number of nitrogens with one attached hydrogen (secondary N) is 1. The Bertz CT molecular complexity index is 1010. The van der Waals surface area contributed by atoms with E-state index in [4.69, 9.17) is 0 Å². The molecule has 1 aliphatic heterocycles. The highest BCUT2D eigenvalue weighted by atomic mass is 16.2. The van der Waals surface area contributed by atoms with Crippen molar-refractivity contribution in [3.63, 3.8) is 0 Å². The average Bonchev–Trinajstić information content (AvgIpc) is 2.70. The zero-order chi connectivity index (χ0) is 19.7. The number of β-lactam (4-membered cyclic amide) rings is 1. The Morgan fingerprint density at radius 1 is 0.964 bits per heavy atom. The molecule has 1 atom stereocenters. The average molecular weight is 371 g/mol. The Balaban J connectivity index is 1.77. The smallest absolute Gasteiger partial charge is 0.257 e. The number of hydrogen-bond donors (Lipinski definition) is 1. The van der Waals surface area contributed by atoms with Crippen LogP contribution in [0.3, 0.4) is 0 Å². The Labute approximate surface area is 164 Å². The lowest BCUT2D eigenvalue weighted by Gasteiger charge is -2.49. The van der Waals surface area contributed by atoms with Crippen molar-refractivity contribution in [1.82, 2.24) is 4.98 Å². The summed E-state index contributed by atoms with van der Waals surface area (Å²) in [7, 11) is 0. The third kappa shape index (κ3) is 2.95. The molecular formula is C23H21N3O2. The van der Waals surface area contributed by atoms with Gasteiger partial charge in [-0.2, -0.15) is 0 Å². The van der Waals surface area contributed by atoms with Gasteiger partial charge in [0.1, 0.15) is 0 Å². The molecule has 1 fully saturated rings. The standard InChI is InChI=1S/C23H21N3O2/c1-16-6-10-18(11-7-16)25-22(28)23(20-5-3-4-14-24-20)15-21(27)26(23)19-12-8-17(2)9-13-19/h3-14H,15H2,1-2H3,(H,25,28). The highest BCUT2D eigenvalue weighted by Crippen LogP contribution is 2.45. The molecule has 0 aliphatic carbocycles. The van der Waals surface area contributed by atoms with Gasteiger partial charge in [-0.3, -0.25) is 19.5 Å². The zero-order valence-electron chi connectivity index (χ0n) is 15.8. The van der Waals surface area contributed by atoms with E-state index in [0.717, 1.165) is 11.1 Å². The van der Waals surface area contributed by atoms with E-state index in [-0.39, 0.29) is 18.2 Å². The highest BCUT2D eigenvalue weighted by molar-refractivity contribution is 6.16. The van der Waals surface area contributed by atoms with E-state index >= 15 is 0 Å². The van der Waals surface area contributed by atoms with Crippen molar-refractivity contribution >= 4 is 23.2 Å². The molecule has 0 saturated carbocycles. The summed E-state index contributed by atoms with van der Waals surface area (Å²) in [5, 5.41) is 2.97. The summed E-state index contributed by atoms with van der Waals surface area (Å²) in [6.45, 7) is 3.97. The van der Waals surface area contributed by atoms with Crippen LogP contribution in [-0.4, -0.2) is 16.8 Å². The van der Waals surface area contributed by atoms with Crippen LogP contribution in [0.1, 0.15) is 23.2 Å². The second-order valence-electron chi connectivity index (χ2n) is 7.14. The second kappa shape index (κ2) is 6.93. The largest absolute Gasteiger partial charge is 0.324 e. The van der Waals surface area contributed by atoms with Crippen LogP contribution in [-0.2, 0) is 15.1 Å². The molecule has 1 saturated heterocycles. The van der Waals surface area contributed by atoms with Gasteiger partial charge in [-0.05, 0) is 50.2 Å². The molecule has 28 heavy (non-hydrogen) atoms. The summed E-state index contributed by atoms with van der Waals surface area (Å²) < 4.78 is 0. The van der Waals surface area contributed by atoms with Gasteiger partial charge >= 0.3 is 0 Å². The number of aromatic nitrogens is 1. The number of pyridine rings is 1. The Morgan fingerprint density at radius 2 is 1.61 bits per heavy atom. The predicted octanol–water partition coefficient (Wildman–Crippen LogP) is 3.97. The summed E-state index contributed by atoms with van der Waals surface area (Å²) in [5.74, 6) is -0.371. The second-order valence-corrected chi connectivity index (χ2v) is 7.14. The lowest BCUT2D eigenvalue weighted by atomic mass is 9.78. The highest BCUT2D eigenvalue weighted by Gasteiger charge is 2.59. The van der Waals surface area contributed by atoms with Crippen molar-refractivity contribution in [3.05, 3.63) is 89.7 Å². The van der Waals surface area contributed by atoms with E-state index in [1.807, 2.05) is 68.4 Å². The summed E-state index contributed by atoms with van der Waals surface area (Å²) in [5.41, 5.74) is 2.96. The number of anilines is 2. The normalized spacial score (nSPS) is 18.5. The molecule has 1 aromatic heterocycles. The SMILES string of the molecule is Cc1ccc(NC(=O)C2(c3ccccn3)CC(=O)N2c2ccc(C)cc2)cc1. The van der Waals surface area contributed by atoms with Crippen LogP contribution in [0, 0.1) is 13.8 Å². The van der Waals surface area contributed by atoms with Crippen molar-refractivity contribution in [3.8, 4) is 0 Å². The maximum Gasteiger partial charge on any atom is 0.257 e. The Morgan fingerprint density at radius 3 is 2.18 bits per heavy atom. The molecule has 140 valence electrons. The Hall–Kier alpha value is -3.47. The maximum absolute atomic E-state index is 13.5. The van der Waals surface area contributed by atoms with Crippen LogP contribution in [0.5, 0.6) is 0 Å². The molecular weight excluding hydrogens is 350 g/mol. The van der Waals surface area contributed by atoms with Crippen molar-refractivity contribution in [2.75, 3.05) is 10.2 Å². The predicted molar refractivity (Wildman–Crippen MR) is 109 cm³/mol. The number of carbonyl (C=O) groups excluding carboxylic acids is 2. The molecule has 5 heteroatoms. The van der Waals surface area contributed by atoms with Crippen LogP contribution < -0.4 is 10.2 Å². The molecule has 0 bridgehead atoms. The fraction of sp³-hybridized carbons (Fsp3) is 0.174. The van der Waals surface area contributed by atoms with Crippen molar-refractivity contribution < 1.29 is 9.59 Å². The molecule has 0 radical (unpaired) electrons. The van der Waals surface area contributed by atoms with Crippen LogP contribution in [0.2, 0.25) is 0 Å². The number of rotatable bonds is 4. The summed E-state index contributed by atoms with van der Waals surface area (Å²) in [6, 6.07) is 20.6. The van der Waals surface area contributed by atoms with Gasteiger partial charge in [0.2, 0.25) is 5.91 Å². The molecule has 2 amide bonds. The number of aryl methyl sites for hydroxylation is 2. The minimum atomic E-state index is -1.17. The quantitative estimate of drug-likeness (QED) is 0.706. The number of carbonyl (C=O) groups is 2. The topological polar surface area (TPSA) is 62.3 Å². The first-order valence-electron chi connectivity index (χ1n) is 9.20. The molecule has 2 aromatic carbocycles. The van der Waals surface area contributed by atoms with Crippen molar-refractivity contribution in [1.29, 1.82) is 0 Å². The van der Waals surface area contributed by atoms with Gasteiger partial charge in [0, 0.05) is 17.6 Å². The van der Waals surface area contributed by atoms with E-state index in [2.05, 4.69) is 10.3 Å². The van der Waals surface area contributed by atoms with E-state index in [1.54, 1.807) is 23.2 Å². The van der Waals surface area contributed by atoms with E-state index in [9.17, 15) is 9.59 Å². The number of nitrogens with zero attached hydrogens (tertiary/aromatic N) is 2. The lowest BCUT2D eigenvalue weighted by Crippen LogP contribution is -2.67. The maximum atomic E-state index is 13.5. The third-order valence-electron chi connectivity index (χ3n) is 5.10. The Kier molecular flexibility index (Phi) is 4.43. The molecule has 1 unspecified atom stereocenters. The van der Waals surface area contributed by atoms with Crippen LogP contribution >= 0.6 is 0 Å². The first-order valence-corrected chi connectivity index (χ1v) is 9.20.